The van der Waals surface area contributed by atoms with Crippen LogP contribution < -0.4 is 4.74 Å². The fraction of sp³-hybridized carbons (Fsp3) is 0.360. The number of hydrogen-bond donors (Lipinski definition) is 1. The van der Waals surface area contributed by atoms with Crippen LogP contribution in [0.3, 0.4) is 0 Å². The molecule has 0 bridgehead atoms. The lowest BCUT2D eigenvalue weighted by Gasteiger charge is -2.28. The minimum absolute atomic E-state index is 0.160. The second kappa shape index (κ2) is 9.05. The van der Waals surface area contributed by atoms with Crippen LogP contribution in [0.2, 0.25) is 0 Å². The summed E-state index contributed by atoms with van der Waals surface area (Å²) in [5.74, 6) is 2.03. The molecule has 1 aliphatic rings. The Balaban J connectivity index is 1.22. The van der Waals surface area contributed by atoms with Gasteiger partial charge in [-0.25, -0.2) is 19.9 Å². The van der Waals surface area contributed by atoms with Crippen molar-refractivity contribution >= 4 is 16.9 Å². The first-order valence-corrected chi connectivity index (χ1v) is 11.3. The van der Waals surface area contributed by atoms with Gasteiger partial charge in [-0.2, -0.15) is 0 Å². The number of aromatic nitrogens is 6. The largest absolute Gasteiger partial charge is 0.474 e. The zero-order valence-corrected chi connectivity index (χ0v) is 18.8. The maximum absolute atomic E-state index is 11.3. The second-order valence-electron chi connectivity index (χ2n) is 8.75. The van der Waals surface area contributed by atoms with Gasteiger partial charge in [-0.1, -0.05) is 0 Å². The van der Waals surface area contributed by atoms with Crippen LogP contribution >= 0.6 is 0 Å². The van der Waals surface area contributed by atoms with E-state index in [4.69, 9.17) is 4.74 Å². The highest BCUT2D eigenvalue weighted by Gasteiger charge is 2.23. The molecule has 0 spiro atoms. The molecule has 0 atom stereocenters. The molecule has 168 valence electrons. The zero-order valence-electron chi connectivity index (χ0n) is 18.8. The molecule has 4 aromatic heterocycles. The Morgan fingerprint density at radius 1 is 0.970 bits per heavy atom. The number of nitrogens with zero attached hydrogens (tertiary/aromatic N) is 5. The van der Waals surface area contributed by atoms with Crippen molar-refractivity contribution in [1.82, 2.24) is 29.9 Å². The molecule has 4 aromatic rings. The number of Topliss-reactive ketones (excluding diaryl/α,β-unsaturated/α-hetero) is 1. The number of carbonyl (C=O) groups is 1. The molecule has 1 saturated carbocycles. The number of pyridine rings is 2. The summed E-state index contributed by atoms with van der Waals surface area (Å²) < 4.78 is 6.06. The summed E-state index contributed by atoms with van der Waals surface area (Å²) in [4.78, 5) is 37.0. The van der Waals surface area contributed by atoms with Gasteiger partial charge >= 0.3 is 0 Å². The quantitative estimate of drug-likeness (QED) is 0.461. The Bertz CT molecular complexity index is 1260. The van der Waals surface area contributed by atoms with E-state index in [1.165, 1.54) is 0 Å². The Hall–Kier alpha value is -3.68. The summed E-state index contributed by atoms with van der Waals surface area (Å²) >= 11 is 0. The van der Waals surface area contributed by atoms with Gasteiger partial charge in [0.1, 0.15) is 17.6 Å². The van der Waals surface area contributed by atoms with Gasteiger partial charge in [-0.3, -0.25) is 4.98 Å². The lowest BCUT2D eigenvalue weighted by Crippen LogP contribution is -2.25. The maximum Gasteiger partial charge on any atom is 0.213 e. The van der Waals surface area contributed by atoms with Crippen molar-refractivity contribution in [3.05, 3.63) is 48.5 Å². The number of aromatic amines is 1. The number of imidazole rings is 1. The first kappa shape index (κ1) is 21.2. The molecule has 0 aromatic carbocycles. The summed E-state index contributed by atoms with van der Waals surface area (Å²) in [6, 6.07) is 7.73. The number of ketones is 1. The van der Waals surface area contributed by atoms with Crippen molar-refractivity contribution in [3.63, 3.8) is 0 Å². The van der Waals surface area contributed by atoms with Crippen LogP contribution in [0.5, 0.6) is 5.88 Å². The molecule has 8 nitrogen and oxygen atoms in total. The third-order valence-electron chi connectivity index (χ3n) is 6.07. The number of nitrogens with one attached hydrogen (secondary N) is 1. The molecule has 0 aliphatic heterocycles. The summed E-state index contributed by atoms with van der Waals surface area (Å²) in [5, 5.41) is 0. The molecule has 8 heteroatoms. The van der Waals surface area contributed by atoms with Crippen molar-refractivity contribution in [2.75, 3.05) is 0 Å². The zero-order chi connectivity index (χ0) is 22.8. The van der Waals surface area contributed by atoms with Crippen LogP contribution in [0, 0.1) is 12.8 Å². The number of rotatable bonds is 6. The number of H-pyrrole nitrogens is 1. The minimum atomic E-state index is 0.160. The molecule has 4 heterocycles. The van der Waals surface area contributed by atoms with Gasteiger partial charge in [0.05, 0.1) is 23.6 Å². The van der Waals surface area contributed by atoms with Gasteiger partial charge < -0.3 is 14.5 Å². The molecule has 0 amide bonds. The van der Waals surface area contributed by atoms with E-state index in [1.807, 2.05) is 31.2 Å². The highest BCUT2D eigenvalue weighted by atomic mass is 16.5. The molecular formula is C25H26N6O2. The Kier molecular flexibility index (Phi) is 5.81. The smallest absolute Gasteiger partial charge is 0.213 e. The van der Waals surface area contributed by atoms with E-state index < -0.39 is 0 Å². The summed E-state index contributed by atoms with van der Waals surface area (Å²) in [5.41, 5.74) is 4.71. The van der Waals surface area contributed by atoms with Gasteiger partial charge in [-0.15, -0.1) is 0 Å². The van der Waals surface area contributed by atoms with E-state index in [1.54, 1.807) is 25.5 Å². The predicted octanol–water partition coefficient (Wildman–Crippen LogP) is 4.70. The molecule has 5 rings (SSSR count). The van der Waals surface area contributed by atoms with Crippen LogP contribution in [-0.4, -0.2) is 41.8 Å². The monoisotopic (exact) mass is 442 g/mol. The molecule has 1 fully saturated rings. The van der Waals surface area contributed by atoms with Gasteiger partial charge in [0.15, 0.2) is 11.5 Å². The Morgan fingerprint density at radius 2 is 1.76 bits per heavy atom. The SMILES string of the molecule is CC(=O)CC1CCC(Oc2ccc(-c3cnc(-c4nc5nc(C)ccc5[nH]4)cn3)cn2)CC1. The lowest BCUT2D eigenvalue weighted by molar-refractivity contribution is -0.118. The second-order valence-corrected chi connectivity index (χ2v) is 8.75. The fourth-order valence-electron chi connectivity index (χ4n) is 4.34. The van der Waals surface area contributed by atoms with Gasteiger partial charge in [0.25, 0.3) is 0 Å². The lowest BCUT2D eigenvalue weighted by atomic mass is 9.84. The van der Waals surface area contributed by atoms with E-state index in [0.717, 1.165) is 48.2 Å². The molecule has 0 radical (unpaired) electrons. The molecule has 1 aliphatic carbocycles. The van der Waals surface area contributed by atoms with E-state index >= 15 is 0 Å². The first-order chi connectivity index (χ1) is 16.0. The van der Waals surface area contributed by atoms with Gasteiger partial charge in [-0.05, 0) is 63.6 Å². The van der Waals surface area contributed by atoms with Gasteiger partial charge in [0, 0.05) is 29.9 Å². The topological polar surface area (TPSA) is 107 Å². The van der Waals surface area contributed by atoms with E-state index in [2.05, 4.69) is 29.9 Å². The number of fused-ring (bicyclic) bond motifs is 1. The number of aryl methyl sites for hydroxylation is 1. The average molecular weight is 443 g/mol. The predicted molar refractivity (Wildman–Crippen MR) is 125 cm³/mol. The summed E-state index contributed by atoms with van der Waals surface area (Å²) in [7, 11) is 0. The molecule has 0 unspecified atom stereocenters. The van der Waals surface area contributed by atoms with Crippen molar-refractivity contribution in [1.29, 1.82) is 0 Å². The number of carbonyl (C=O) groups excluding carboxylic acids is 1. The van der Waals surface area contributed by atoms with E-state index in [9.17, 15) is 4.79 Å². The van der Waals surface area contributed by atoms with Crippen molar-refractivity contribution in [2.24, 2.45) is 5.92 Å². The number of hydrogen-bond acceptors (Lipinski definition) is 7. The third kappa shape index (κ3) is 4.89. The van der Waals surface area contributed by atoms with Crippen molar-refractivity contribution in [3.8, 4) is 28.7 Å². The van der Waals surface area contributed by atoms with E-state index in [-0.39, 0.29) is 11.9 Å². The Morgan fingerprint density at radius 3 is 2.45 bits per heavy atom. The van der Waals surface area contributed by atoms with Crippen LogP contribution in [0.4, 0.5) is 0 Å². The molecule has 0 saturated heterocycles. The van der Waals surface area contributed by atoms with Crippen LogP contribution in [0.1, 0.15) is 44.7 Å². The van der Waals surface area contributed by atoms with E-state index in [0.29, 0.717) is 35.4 Å². The van der Waals surface area contributed by atoms with Crippen LogP contribution in [0.25, 0.3) is 33.9 Å². The summed E-state index contributed by atoms with van der Waals surface area (Å²) in [6.07, 6.45) is 10.0. The van der Waals surface area contributed by atoms with Crippen molar-refractivity contribution < 1.29 is 9.53 Å². The first-order valence-electron chi connectivity index (χ1n) is 11.3. The normalized spacial score (nSPS) is 18.4. The third-order valence-corrected chi connectivity index (χ3v) is 6.07. The fourth-order valence-corrected chi connectivity index (χ4v) is 4.34. The standard InChI is InChI=1S/C25H26N6O2/c1-15-3-9-20-24(29-15)31-25(30-20)22-14-26-21(13-27-22)18-6-10-23(28-12-18)33-19-7-4-17(5-8-19)11-16(2)32/h3,6,9-10,12-14,17,19H,4-5,7-8,11H2,1-2H3,(H,29,30,31). The highest BCUT2D eigenvalue weighted by molar-refractivity contribution is 5.76. The minimum Gasteiger partial charge on any atom is -0.474 e. The molecule has 33 heavy (non-hydrogen) atoms. The van der Waals surface area contributed by atoms with Gasteiger partial charge in [0.2, 0.25) is 5.88 Å². The Labute approximate surface area is 191 Å². The molecule has 1 N–H and O–H groups in total. The summed E-state index contributed by atoms with van der Waals surface area (Å²) in [6.45, 7) is 3.61. The average Bonchev–Trinajstić information content (AvgIpc) is 3.24. The maximum atomic E-state index is 11.3. The highest BCUT2D eigenvalue weighted by Crippen LogP contribution is 2.30. The van der Waals surface area contributed by atoms with Crippen molar-refractivity contribution in [2.45, 2.75) is 52.1 Å². The molecular weight excluding hydrogens is 416 g/mol. The van der Waals surface area contributed by atoms with Crippen LogP contribution in [0.15, 0.2) is 42.9 Å². The number of ether oxygens (including phenoxy) is 1. The van der Waals surface area contributed by atoms with Crippen LogP contribution in [-0.2, 0) is 4.79 Å².